The number of nitrogens with zero attached hydrogens (tertiary/aromatic N) is 1. The lowest BCUT2D eigenvalue weighted by Gasteiger charge is -2.19. The lowest BCUT2D eigenvalue weighted by Crippen LogP contribution is -2.15. The third kappa shape index (κ3) is 2.15. The molecule has 0 radical (unpaired) electrons. The fourth-order valence-electron chi connectivity index (χ4n) is 1.78. The van der Waals surface area contributed by atoms with Crippen LogP contribution < -0.4 is 0 Å². The maximum Gasteiger partial charge on any atom is 0.178 e. The van der Waals surface area contributed by atoms with E-state index in [1.807, 2.05) is 18.2 Å². The number of nitrogens with one attached hydrogen (secondary N) is 1. The molecule has 0 fully saturated rings. The first-order chi connectivity index (χ1) is 7.38. The van der Waals surface area contributed by atoms with E-state index in [0.29, 0.717) is 0 Å². The van der Waals surface area contributed by atoms with E-state index in [0.717, 1.165) is 27.4 Å². The Kier molecular flexibility index (Phi) is 2.84. The van der Waals surface area contributed by atoms with Gasteiger partial charge in [0.1, 0.15) is 0 Å². The molecule has 2 nitrogen and oxygen atoms in total. The minimum Gasteiger partial charge on any atom is -0.329 e. The summed E-state index contributed by atoms with van der Waals surface area (Å²) in [5.41, 5.74) is 2.20. The number of hydrogen-bond acceptors (Lipinski definition) is 1. The Labute approximate surface area is 105 Å². The number of rotatable bonds is 1. The molecule has 0 aliphatic carbocycles. The normalized spacial score (nSPS) is 12.2. The molecule has 0 bridgehead atoms. The SMILES string of the molecule is CC(C)(C)Cn1c(=S)[nH]c2c(Cl)cccc21. The van der Waals surface area contributed by atoms with Gasteiger partial charge in [-0.1, -0.05) is 38.4 Å². The summed E-state index contributed by atoms with van der Waals surface area (Å²) in [6.45, 7) is 7.46. The third-order valence-corrected chi connectivity index (χ3v) is 3.03. The molecular weight excluding hydrogens is 240 g/mol. The van der Waals surface area contributed by atoms with Crippen LogP contribution in [-0.4, -0.2) is 9.55 Å². The molecular formula is C12H15ClN2S. The Morgan fingerprint density at radius 2 is 2.06 bits per heavy atom. The van der Waals surface area contributed by atoms with Crippen molar-refractivity contribution in [2.75, 3.05) is 0 Å². The van der Waals surface area contributed by atoms with Crippen LogP contribution in [0.2, 0.25) is 5.02 Å². The molecule has 0 aliphatic heterocycles. The van der Waals surface area contributed by atoms with Gasteiger partial charge in [-0.15, -0.1) is 0 Å². The Balaban J connectivity index is 2.66. The largest absolute Gasteiger partial charge is 0.329 e. The maximum atomic E-state index is 6.12. The molecule has 0 unspecified atom stereocenters. The summed E-state index contributed by atoms with van der Waals surface area (Å²) in [6.07, 6.45) is 0. The van der Waals surface area contributed by atoms with Crippen LogP contribution in [0.25, 0.3) is 11.0 Å². The number of benzene rings is 1. The van der Waals surface area contributed by atoms with Gasteiger partial charge in [0.2, 0.25) is 0 Å². The first-order valence-corrected chi connectivity index (χ1v) is 6.04. The molecule has 0 aliphatic rings. The van der Waals surface area contributed by atoms with Crippen molar-refractivity contribution in [3.05, 3.63) is 28.0 Å². The quantitative estimate of drug-likeness (QED) is 0.748. The monoisotopic (exact) mass is 254 g/mol. The van der Waals surface area contributed by atoms with Crippen molar-refractivity contribution in [2.24, 2.45) is 5.41 Å². The molecule has 0 atom stereocenters. The van der Waals surface area contributed by atoms with Crippen molar-refractivity contribution in [1.82, 2.24) is 9.55 Å². The predicted molar refractivity (Wildman–Crippen MR) is 71.6 cm³/mol. The van der Waals surface area contributed by atoms with E-state index in [1.54, 1.807) is 0 Å². The summed E-state index contributed by atoms with van der Waals surface area (Å²) >= 11 is 11.5. The number of para-hydroxylation sites is 1. The van der Waals surface area contributed by atoms with E-state index in [1.165, 1.54) is 0 Å². The molecule has 1 aromatic carbocycles. The molecule has 1 heterocycles. The van der Waals surface area contributed by atoms with Gasteiger partial charge in [-0.3, -0.25) is 0 Å². The lowest BCUT2D eigenvalue weighted by atomic mass is 9.97. The molecule has 0 saturated heterocycles. The zero-order valence-electron chi connectivity index (χ0n) is 9.67. The molecule has 0 spiro atoms. The zero-order chi connectivity index (χ0) is 11.9. The van der Waals surface area contributed by atoms with Gasteiger partial charge in [-0.05, 0) is 29.8 Å². The summed E-state index contributed by atoms with van der Waals surface area (Å²) < 4.78 is 2.84. The first-order valence-electron chi connectivity index (χ1n) is 5.25. The number of aromatic amines is 1. The highest BCUT2D eigenvalue weighted by atomic mass is 35.5. The van der Waals surface area contributed by atoms with Crippen LogP contribution in [0.4, 0.5) is 0 Å². The van der Waals surface area contributed by atoms with Gasteiger partial charge in [0, 0.05) is 6.54 Å². The Morgan fingerprint density at radius 3 is 2.69 bits per heavy atom. The summed E-state index contributed by atoms with van der Waals surface area (Å²) in [4.78, 5) is 3.16. The van der Waals surface area contributed by atoms with Crippen molar-refractivity contribution in [3.63, 3.8) is 0 Å². The van der Waals surface area contributed by atoms with Crippen molar-refractivity contribution < 1.29 is 0 Å². The fraction of sp³-hybridized carbons (Fsp3) is 0.417. The summed E-state index contributed by atoms with van der Waals surface area (Å²) in [6, 6.07) is 5.86. The molecule has 4 heteroatoms. The highest BCUT2D eigenvalue weighted by molar-refractivity contribution is 7.71. The number of hydrogen-bond donors (Lipinski definition) is 1. The second-order valence-electron chi connectivity index (χ2n) is 5.21. The van der Waals surface area contributed by atoms with Crippen molar-refractivity contribution >= 4 is 34.9 Å². The highest BCUT2D eigenvalue weighted by Crippen LogP contribution is 2.25. The molecule has 0 saturated carbocycles. The Morgan fingerprint density at radius 1 is 1.38 bits per heavy atom. The second kappa shape index (κ2) is 3.90. The van der Waals surface area contributed by atoms with Crippen LogP contribution >= 0.6 is 23.8 Å². The van der Waals surface area contributed by atoms with E-state index in [4.69, 9.17) is 23.8 Å². The van der Waals surface area contributed by atoms with Gasteiger partial charge in [-0.2, -0.15) is 0 Å². The number of fused-ring (bicyclic) bond motifs is 1. The average molecular weight is 255 g/mol. The lowest BCUT2D eigenvalue weighted by molar-refractivity contribution is 0.346. The van der Waals surface area contributed by atoms with E-state index in [-0.39, 0.29) is 5.41 Å². The summed E-state index contributed by atoms with van der Waals surface area (Å²) in [7, 11) is 0. The van der Waals surface area contributed by atoms with Gasteiger partial charge in [0.25, 0.3) is 0 Å². The van der Waals surface area contributed by atoms with Crippen LogP contribution in [0.15, 0.2) is 18.2 Å². The molecule has 86 valence electrons. The van der Waals surface area contributed by atoms with Gasteiger partial charge < -0.3 is 9.55 Å². The molecule has 1 N–H and O–H groups in total. The summed E-state index contributed by atoms with van der Waals surface area (Å²) in [5, 5.41) is 0.719. The topological polar surface area (TPSA) is 20.7 Å². The zero-order valence-corrected chi connectivity index (χ0v) is 11.2. The second-order valence-corrected chi connectivity index (χ2v) is 6.00. The standard InChI is InChI=1S/C12H15ClN2S/c1-12(2,3)7-15-9-6-4-5-8(13)10(9)14-11(15)16/h4-6H,7H2,1-3H3,(H,14,16). The predicted octanol–water partition coefficient (Wildman–Crippen LogP) is 4.40. The average Bonchev–Trinajstić information content (AvgIpc) is 2.44. The van der Waals surface area contributed by atoms with Crippen LogP contribution in [0.3, 0.4) is 0 Å². The smallest absolute Gasteiger partial charge is 0.178 e. The number of H-pyrrole nitrogens is 1. The molecule has 1 aromatic heterocycles. The van der Waals surface area contributed by atoms with Gasteiger partial charge >= 0.3 is 0 Å². The Bertz CT molecular complexity index is 575. The number of imidazole rings is 1. The molecule has 2 rings (SSSR count). The fourth-order valence-corrected chi connectivity index (χ4v) is 2.26. The summed E-state index contributed by atoms with van der Waals surface area (Å²) in [5.74, 6) is 0. The molecule has 2 aromatic rings. The van der Waals surface area contributed by atoms with E-state index in [9.17, 15) is 0 Å². The van der Waals surface area contributed by atoms with Crippen LogP contribution in [0.5, 0.6) is 0 Å². The first kappa shape index (κ1) is 11.7. The number of aromatic nitrogens is 2. The van der Waals surface area contributed by atoms with Crippen LogP contribution in [0.1, 0.15) is 20.8 Å². The van der Waals surface area contributed by atoms with Crippen LogP contribution in [0, 0.1) is 10.2 Å². The van der Waals surface area contributed by atoms with Gasteiger partial charge in [0.05, 0.1) is 16.1 Å². The highest BCUT2D eigenvalue weighted by Gasteiger charge is 2.15. The molecule has 16 heavy (non-hydrogen) atoms. The maximum absolute atomic E-state index is 6.12. The van der Waals surface area contributed by atoms with E-state index in [2.05, 4.69) is 30.3 Å². The van der Waals surface area contributed by atoms with Crippen molar-refractivity contribution in [1.29, 1.82) is 0 Å². The van der Waals surface area contributed by atoms with Gasteiger partial charge in [0.15, 0.2) is 4.77 Å². The molecule has 0 amide bonds. The Hall–Kier alpha value is -0.800. The minimum atomic E-state index is 0.190. The third-order valence-electron chi connectivity index (χ3n) is 2.39. The van der Waals surface area contributed by atoms with Crippen LogP contribution in [-0.2, 0) is 6.54 Å². The van der Waals surface area contributed by atoms with Crippen molar-refractivity contribution in [3.8, 4) is 0 Å². The van der Waals surface area contributed by atoms with E-state index >= 15 is 0 Å². The van der Waals surface area contributed by atoms with Crippen molar-refractivity contribution in [2.45, 2.75) is 27.3 Å². The van der Waals surface area contributed by atoms with Gasteiger partial charge in [-0.25, -0.2) is 0 Å². The minimum absolute atomic E-state index is 0.190. The number of halogens is 1. The van der Waals surface area contributed by atoms with E-state index < -0.39 is 0 Å².